The van der Waals surface area contributed by atoms with Crippen LogP contribution in [-0.4, -0.2) is 0 Å². The van der Waals surface area contributed by atoms with Crippen LogP contribution in [0.4, 0.5) is 5.00 Å². The zero-order valence-corrected chi connectivity index (χ0v) is 8.88. The maximum atomic E-state index is 6.08. The van der Waals surface area contributed by atoms with Crippen molar-refractivity contribution >= 4 is 38.0 Å². The number of fused-ring (bicyclic) bond motifs is 1. The molecule has 1 aromatic carbocycles. The third-order valence-corrected chi connectivity index (χ3v) is 3.36. The van der Waals surface area contributed by atoms with Gasteiger partial charge >= 0.3 is 0 Å². The molecule has 0 saturated heterocycles. The number of anilines is 1. The Morgan fingerprint density at radius 3 is 2.85 bits per heavy atom. The van der Waals surface area contributed by atoms with Gasteiger partial charge in [0.1, 0.15) is 0 Å². The van der Waals surface area contributed by atoms with Gasteiger partial charge in [-0.3, -0.25) is 0 Å². The highest BCUT2D eigenvalue weighted by atomic mass is 35.5. The van der Waals surface area contributed by atoms with E-state index >= 15 is 0 Å². The first-order valence-electron chi connectivity index (χ1n) is 4.18. The second-order valence-corrected chi connectivity index (χ2v) is 4.51. The van der Waals surface area contributed by atoms with Crippen LogP contribution in [0.25, 0.3) is 10.1 Å². The number of rotatable bonds is 1. The highest BCUT2D eigenvalue weighted by Crippen LogP contribution is 2.32. The molecule has 1 heterocycles. The molecule has 0 fully saturated rings. The first-order valence-corrected chi connectivity index (χ1v) is 5.37. The third-order valence-electron chi connectivity index (χ3n) is 2.09. The number of nitrogen functional groups attached to an aromatic ring is 1. The summed E-state index contributed by atoms with van der Waals surface area (Å²) in [6.07, 6.45) is 0.963. The van der Waals surface area contributed by atoms with Gasteiger partial charge in [0.25, 0.3) is 0 Å². The van der Waals surface area contributed by atoms with Crippen LogP contribution in [0.15, 0.2) is 18.2 Å². The van der Waals surface area contributed by atoms with Crippen molar-refractivity contribution in [2.75, 3.05) is 5.73 Å². The average molecular weight is 212 g/mol. The van der Waals surface area contributed by atoms with E-state index in [0.29, 0.717) is 0 Å². The van der Waals surface area contributed by atoms with Crippen LogP contribution >= 0.6 is 22.9 Å². The van der Waals surface area contributed by atoms with Crippen LogP contribution in [0.1, 0.15) is 12.5 Å². The van der Waals surface area contributed by atoms with E-state index in [1.165, 1.54) is 15.6 Å². The maximum absolute atomic E-state index is 6.08. The predicted molar refractivity (Wildman–Crippen MR) is 60.6 cm³/mol. The topological polar surface area (TPSA) is 26.0 Å². The number of nitrogens with two attached hydrogens (primary N) is 1. The van der Waals surface area contributed by atoms with Gasteiger partial charge in [0.05, 0.1) is 5.00 Å². The zero-order chi connectivity index (χ0) is 9.42. The molecule has 13 heavy (non-hydrogen) atoms. The first kappa shape index (κ1) is 8.85. The number of benzene rings is 1. The molecular weight excluding hydrogens is 202 g/mol. The lowest BCUT2D eigenvalue weighted by Gasteiger charge is -1.99. The summed E-state index contributed by atoms with van der Waals surface area (Å²) in [5.74, 6) is 0. The van der Waals surface area contributed by atoms with Crippen LogP contribution in [0.5, 0.6) is 0 Å². The molecule has 68 valence electrons. The minimum atomic E-state index is 0.844. The molecule has 2 aromatic rings. The molecule has 2 N–H and O–H groups in total. The van der Waals surface area contributed by atoms with Crippen LogP contribution in [0, 0.1) is 0 Å². The van der Waals surface area contributed by atoms with Crippen molar-refractivity contribution in [1.82, 2.24) is 0 Å². The van der Waals surface area contributed by atoms with E-state index in [1.54, 1.807) is 11.3 Å². The third kappa shape index (κ3) is 1.52. The van der Waals surface area contributed by atoms with Crippen molar-refractivity contribution < 1.29 is 0 Å². The van der Waals surface area contributed by atoms with Gasteiger partial charge in [-0.15, -0.1) is 11.3 Å². The summed E-state index contributed by atoms with van der Waals surface area (Å²) in [6.45, 7) is 2.10. The Balaban J connectivity index is 2.72. The fourth-order valence-corrected chi connectivity index (χ4v) is 2.62. The van der Waals surface area contributed by atoms with Crippen LogP contribution in [0.2, 0.25) is 5.02 Å². The van der Waals surface area contributed by atoms with Crippen molar-refractivity contribution in [2.24, 2.45) is 0 Å². The first-order chi connectivity index (χ1) is 6.20. The van der Waals surface area contributed by atoms with E-state index in [4.69, 9.17) is 17.3 Å². The van der Waals surface area contributed by atoms with Gasteiger partial charge in [-0.2, -0.15) is 0 Å². The molecule has 0 amide bonds. The SMILES string of the molecule is CCc1cc2cc(N)sc2cc1Cl. The van der Waals surface area contributed by atoms with Crippen LogP contribution in [0.3, 0.4) is 0 Å². The van der Waals surface area contributed by atoms with Crippen molar-refractivity contribution in [2.45, 2.75) is 13.3 Å². The lowest BCUT2D eigenvalue weighted by Crippen LogP contribution is -1.80. The molecule has 0 radical (unpaired) electrons. The summed E-state index contributed by atoms with van der Waals surface area (Å²) in [7, 11) is 0. The van der Waals surface area contributed by atoms with Gasteiger partial charge in [0.2, 0.25) is 0 Å². The fraction of sp³-hybridized carbons (Fsp3) is 0.200. The van der Waals surface area contributed by atoms with Gasteiger partial charge < -0.3 is 5.73 Å². The number of hydrogen-bond donors (Lipinski definition) is 1. The molecule has 1 aromatic heterocycles. The Bertz CT molecular complexity index is 447. The molecule has 0 saturated carbocycles. The van der Waals surface area contributed by atoms with E-state index in [0.717, 1.165) is 16.4 Å². The quantitative estimate of drug-likeness (QED) is 0.765. The molecule has 1 nitrogen and oxygen atoms in total. The van der Waals surface area contributed by atoms with Crippen molar-refractivity contribution in [3.63, 3.8) is 0 Å². The number of thiophene rings is 1. The van der Waals surface area contributed by atoms with E-state index in [-0.39, 0.29) is 0 Å². The highest BCUT2D eigenvalue weighted by Gasteiger charge is 2.03. The summed E-state index contributed by atoms with van der Waals surface area (Å²) in [4.78, 5) is 0. The van der Waals surface area contributed by atoms with Crippen LogP contribution < -0.4 is 5.73 Å². The Morgan fingerprint density at radius 1 is 1.38 bits per heavy atom. The maximum Gasteiger partial charge on any atom is 0.0868 e. The molecule has 0 aliphatic heterocycles. The Hall–Kier alpha value is -0.730. The standard InChI is InChI=1S/C10H10ClNS/c1-2-6-3-7-4-10(12)13-9(7)5-8(6)11/h3-5H,2,12H2,1H3. The normalized spacial score (nSPS) is 10.9. The lowest BCUT2D eigenvalue weighted by atomic mass is 10.1. The summed E-state index contributed by atoms with van der Waals surface area (Å²) in [5, 5.41) is 2.89. The summed E-state index contributed by atoms with van der Waals surface area (Å²) < 4.78 is 1.17. The Labute approximate surface area is 86.1 Å². The second-order valence-electron chi connectivity index (χ2n) is 2.98. The smallest absolute Gasteiger partial charge is 0.0868 e. The van der Waals surface area contributed by atoms with E-state index in [2.05, 4.69) is 13.0 Å². The lowest BCUT2D eigenvalue weighted by molar-refractivity contribution is 1.15. The van der Waals surface area contributed by atoms with Crippen molar-refractivity contribution in [1.29, 1.82) is 0 Å². The largest absolute Gasteiger partial charge is 0.391 e. The molecule has 2 rings (SSSR count). The van der Waals surface area contributed by atoms with Crippen molar-refractivity contribution in [3.05, 3.63) is 28.8 Å². The molecule has 0 aliphatic rings. The van der Waals surface area contributed by atoms with Gasteiger partial charge in [-0.1, -0.05) is 18.5 Å². The molecule has 0 atom stereocenters. The zero-order valence-electron chi connectivity index (χ0n) is 7.30. The molecular formula is C10H10ClNS. The van der Waals surface area contributed by atoms with Crippen molar-refractivity contribution in [3.8, 4) is 0 Å². The Morgan fingerprint density at radius 2 is 2.15 bits per heavy atom. The number of hydrogen-bond acceptors (Lipinski definition) is 2. The van der Waals surface area contributed by atoms with Gasteiger partial charge in [0, 0.05) is 9.72 Å². The van der Waals surface area contributed by atoms with E-state index < -0.39 is 0 Å². The molecule has 0 spiro atoms. The molecule has 3 heteroatoms. The summed E-state index contributed by atoms with van der Waals surface area (Å²) in [5.41, 5.74) is 6.89. The fourth-order valence-electron chi connectivity index (χ4n) is 1.40. The average Bonchev–Trinajstić information content (AvgIpc) is 2.42. The second kappa shape index (κ2) is 3.20. The van der Waals surface area contributed by atoms with Gasteiger partial charge in [-0.25, -0.2) is 0 Å². The summed E-state index contributed by atoms with van der Waals surface area (Å²) >= 11 is 7.66. The molecule has 0 aliphatic carbocycles. The monoisotopic (exact) mass is 211 g/mol. The minimum absolute atomic E-state index is 0.844. The number of aryl methyl sites for hydroxylation is 1. The van der Waals surface area contributed by atoms with Gasteiger partial charge in [-0.05, 0) is 35.6 Å². The number of halogens is 1. The van der Waals surface area contributed by atoms with Gasteiger partial charge in [0.15, 0.2) is 0 Å². The van der Waals surface area contributed by atoms with E-state index in [1.807, 2.05) is 12.1 Å². The predicted octanol–water partition coefficient (Wildman–Crippen LogP) is 3.70. The Kier molecular flexibility index (Phi) is 2.18. The highest BCUT2D eigenvalue weighted by molar-refractivity contribution is 7.22. The van der Waals surface area contributed by atoms with E-state index in [9.17, 15) is 0 Å². The molecule has 0 bridgehead atoms. The summed E-state index contributed by atoms with van der Waals surface area (Å²) in [6, 6.07) is 6.11. The van der Waals surface area contributed by atoms with Crippen LogP contribution in [-0.2, 0) is 6.42 Å². The molecule has 0 unspecified atom stereocenters. The minimum Gasteiger partial charge on any atom is -0.391 e.